The Labute approximate surface area is 98.4 Å². The van der Waals surface area contributed by atoms with Gasteiger partial charge in [-0.3, -0.25) is 0 Å². The van der Waals surface area contributed by atoms with Gasteiger partial charge in [0.25, 0.3) is 0 Å². The first kappa shape index (κ1) is 11.5. The molecule has 1 aromatic carbocycles. The fraction of sp³-hybridized carbons (Fsp3) is 0.571. The van der Waals surface area contributed by atoms with Crippen molar-refractivity contribution in [1.29, 1.82) is 0 Å². The molecule has 16 heavy (non-hydrogen) atoms. The average molecular weight is 218 g/mol. The van der Waals surface area contributed by atoms with Crippen molar-refractivity contribution in [3.63, 3.8) is 0 Å². The van der Waals surface area contributed by atoms with E-state index >= 15 is 0 Å². The van der Waals surface area contributed by atoms with Crippen LogP contribution in [0.2, 0.25) is 0 Å². The van der Waals surface area contributed by atoms with E-state index in [9.17, 15) is 0 Å². The Morgan fingerprint density at radius 3 is 3.06 bits per heavy atom. The van der Waals surface area contributed by atoms with Crippen molar-refractivity contribution >= 4 is 5.69 Å². The molecule has 1 heterocycles. The molecule has 0 saturated carbocycles. The topological polar surface area (TPSA) is 24.1 Å². The summed E-state index contributed by atoms with van der Waals surface area (Å²) in [5.41, 5.74) is 2.56. The summed E-state index contributed by atoms with van der Waals surface area (Å²) >= 11 is 0. The highest BCUT2D eigenvalue weighted by Gasteiger charge is 2.16. The summed E-state index contributed by atoms with van der Waals surface area (Å²) in [6.45, 7) is 5.60. The summed E-state index contributed by atoms with van der Waals surface area (Å²) in [6, 6.07) is 9.85. The van der Waals surface area contributed by atoms with Gasteiger partial charge >= 0.3 is 0 Å². The van der Waals surface area contributed by atoms with Gasteiger partial charge in [0.2, 0.25) is 0 Å². The standard InChI is InChI=1S/C14H22N2/c1-11-5-3-6-14(9-11)16-12(2)10-13-7-4-8-15-13/h3,5-6,9,12-13,15-16H,4,7-8,10H2,1-2H3. The summed E-state index contributed by atoms with van der Waals surface area (Å²) < 4.78 is 0. The predicted octanol–water partition coefficient (Wildman–Crippen LogP) is 2.94. The Morgan fingerprint density at radius 1 is 1.50 bits per heavy atom. The molecule has 2 nitrogen and oxygen atoms in total. The second-order valence-corrected chi connectivity index (χ2v) is 4.94. The van der Waals surface area contributed by atoms with Crippen molar-refractivity contribution in [1.82, 2.24) is 5.32 Å². The molecule has 2 N–H and O–H groups in total. The molecule has 1 fully saturated rings. The Balaban J connectivity index is 1.84. The maximum atomic E-state index is 3.57. The van der Waals surface area contributed by atoms with Crippen molar-refractivity contribution in [3.05, 3.63) is 29.8 Å². The van der Waals surface area contributed by atoms with Crippen molar-refractivity contribution in [3.8, 4) is 0 Å². The van der Waals surface area contributed by atoms with Gasteiger partial charge in [-0.25, -0.2) is 0 Å². The molecule has 0 radical (unpaired) electrons. The number of hydrogen-bond acceptors (Lipinski definition) is 2. The van der Waals surface area contributed by atoms with Crippen LogP contribution in [-0.4, -0.2) is 18.6 Å². The number of anilines is 1. The van der Waals surface area contributed by atoms with Crippen LogP contribution in [0.15, 0.2) is 24.3 Å². The SMILES string of the molecule is Cc1cccc(NC(C)CC2CCCN2)c1. The molecule has 0 aromatic heterocycles. The van der Waals surface area contributed by atoms with Crippen molar-refractivity contribution in [2.75, 3.05) is 11.9 Å². The maximum Gasteiger partial charge on any atom is 0.0344 e. The molecule has 0 aliphatic carbocycles. The first-order valence-corrected chi connectivity index (χ1v) is 6.30. The number of hydrogen-bond donors (Lipinski definition) is 2. The van der Waals surface area contributed by atoms with Crippen LogP contribution in [0.5, 0.6) is 0 Å². The molecule has 0 spiro atoms. The van der Waals surface area contributed by atoms with Crippen LogP contribution < -0.4 is 10.6 Å². The van der Waals surface area contributed by atoms with Crippen LogP contribution in [0.25, 0.3) is 0 Å². The van der Waals surface area contributed by atoms with Gasteiger partial charge in [-0.05, 0) is 57.4 Å². The third kappa shape index (κ3) is 3.24. The summed E-state index contributed by atoms with van der Waals surface area (Å²) in [5.74, 6) is 0. The molecule has 88 valence electrons. The lowest BCUT2D eigenvalue weighted by molar-refractivity contribution is 0.523. The normalized spacial score (nSPS) is 22.0. The third-order valence-electron chi connectivity index (χ3n) is 3.23. The lowest BCUT2D eigenvalue weighted by Gasteiger charge is -2.19. The molecule has 0 amide bonds. The summed E-state index contributed by atoms with van der Waals surface area (Å²) in [4.78, 5) is 0. The number of nitrogens with one attached hydrogen (secondary N) is 2. The molecule has 0 bridgehead atoms. The maximum absolute atomic E-state index is 3.57. The van der Waals surface area contributed by atoms with E-state index in [-0.39, 0.29) is 0 Å². The van der Waals surface area contributed by atoms with Crippen LogP contribution in [-0.2, 0) is 0 Å². The molecule has 1 aliphatic heterocycles. The van der Waals surface area contributed by atoms with Gasteiger partial charge in [-0.2, -0.15) is 0 Å². The van der Waals surface area contributed by atoms with E-state index in [4.69, 9.17) is 0 Å². The molecular weight excluding hydrogens is 196 g/mol. The molecule has 2 atom stereocenters. The average Bonchev–Trinajstić information content (AvgIpc) is 2.70. The molecule has 1 aromatic rings. The van der Waals surface area contributed by atoms with Crippen molar-refractivity contribution in [2.45, 2.75) is 45.2 Å². The minimum Gasteiger partial charge on any atom is -0.383 e. The molecule has 1 saturated heterocycles. The second-order valence-electron chi connectivity index (χ2n) is 4.94. The van der Waals surface area contributed by atoms with E-state index in [1.807, 2.05) is 0 Å². The van der Waals surface area contributed by atoms with Crippen molar-refractivity contribution < 1.29 is 0 Å². The van der Waals surface area contributed by atoms with Crippen LogP contribution in [0.1, 0.15) is 31.7 Å². The lowest BCUT2D eigenvalue weighted by atomic mass is 10.1. The highest BCUT2D eigenvalue weighted by molar-refractivity contribution is 5.46. The van der Waals surface area contributed by atoms with Crippen LogP contribution in [0.4, 0.5) is 5.69 Å². The number of aryl methyl sites for hydroxylation is 1. The first-order valence-electron chi connectivity index (χ1n) is 6.30. The Morgan fingerprint density at radius 2 is 2.38 bits per heavy atom. The van der Waals surface area contributed by atoms with Crippen LogP contribution in [0, 0.1) is 6.92 Å². The van der Waals surface area contributed by atoms with E-state index in [1.165, 1.54) is 37.1 Å². The quantitative estimate of drug-likeness (QED) is 0.812. The zero-order chi connectivity index (χ0) is 11.4. The largest absolute Gasteiger partial charge is 0.383 e. The fourth-order valence-electron chi connectivity index (χ4n) is 2.46. The van der Waals surface area contributed by atoms with E-state index in [2.05, 4.69) is 48.7 Å². The van der Waals surface area contributed by atoms with Gasteiger partial charge in [-0.15, -0.1) is 0 Å². The van der Waals surface area contributed by atoms with Gasteiger partial charge in [-0.1, -0.05) is 12.1 Å². The lowest BCUT2D eigenvalue weighted by Crippen LogP contribution is -2.29. The highest BCUT2D eigenvalue weighted by Crippen LogP contribution is 2.15. The first-order chi connectivity index (χ1) is 7.74. The van der Waals surface area contributed by atoms with Crippen LogP contribution >= 0.6 is 0 Å². The minimum atomic E-state index is 0.539. The molecule has 2 rings (SSSR count). The van der Waals surface area contributed by atoms with Gasteiger partial charge in [0.05, 0.1) is 0 Å². The molecule has 2 unspecified atom stereocenters. The highest BCUT2D eigenvalue weighted by atomic mass is 15.0. The summed E-state index contributed by atoms with van der Waals surface area (Å²) in [7, 11) is 0. The molecule has 1 aliphatic rings. The Hall–Kier alpha value is -1.02. The molecular formula is C14H22N2. The monoisotopic (exact) mass is 218 g/mol. The second kappa shape index (κ2) is 5.35. The fourth-order valence-corrected chi connectivity index (χ4v) is 2.46. The van der Waals surface area contributed by atoms with Gasteiger partial charge in [0.1, 0.15) is 0 Å². The third-order valence-corrected chi connectivity index (χ3v) is 3.23. The number of benzene rings is 1. The van der Waals surface area contributed by atoms with E-state index in [0.29, 0.717) is 12.1 Å². The van der Waals surface area contributed by atoms with Gasteiger partial charge < -0.3 is 10.6 Å². The van der Waals surface area contributed by atoms with Crippen LogP contribution in [0.3, 0.4) is 0 Å². The number of rotatable bonds is 4. The van der Waals surface area contributed by atoms with Crippen molar-refractivity contribution in [2.24, 2.45) is 0 Å². The zero-order valence-corrected chi connectivity index (χ0v) is 10.3. The molecule has 2 heteroatoms. The summed E-state index contributed by atoms with van der Waals surface area (Å²) in [5, 5.41) is 7.11. The smallest absolute Gasteiger partial charge is 0.0344 e. The van der Waals surface area contributed by atoms with Gasteiger partial charge in [0.15, 0.2) is 0 Å². The zero-order valence-electron chi connectivity index (χ0n) is 10.3. The van der Waals surface area contributed by atoms with Gasteiger partial charge in [0, 0.05) is 17.8 Å². The predicted molar refractivity (Wildman–Crippen MR) is 69.9 cm³/mol. The van der Waals surface area contributed by atoms with E-state index in [1.54, 1.807) is 0 Å². The Kier molecular flexibility index (Phi) is 3.83. The minimum absolute atomic E-state index is 0.539. The Bertz CT molecular complexity index is 329. The summed E-state index contributed by atoms with van der Waals surface area (Å²) in [6.07, 6.45) is 3.88. The van der Waals surface area contributed by atoms with E-state index in [0.717, 1.165) is 0 Å². The van der Waals surface area contributed by atoms with E-state index < -0.39 is 0 Å².